The Morgan fingerprint density at radius 2 is 1.62 bits per heavy atom. The van der Waals surface area contributed by atoms with Crippen LogP contribution in [0.4, 0.5) is 4.39 Å². The quantitative estimate of drug-likeness (QED) is 0.563. The molecule has 0 spiro atoms. The monoisotopic (exact) mass is 388 g/mol. The highest BCUT2D eigenvalue weighted by Gasteiger charge is 2.16. The van der Waals surface area contributed by atoms with Gasteiger partial charge in [0.25, 0.3) is 0 Å². The Morgan fingerprint density at radius 3 is 2.27 bits per heavy atom. The van der Waals surface area contributed by atoms with E-state index in [-0.39, 0.29) is 10.6 Å². The van der Waals surface area contributed by atoms with E-state index < -0.39 is 15.7 Å². The highest BCUT2D eigenvalue weighted by molar-refractivity contribution is 7.90. The summed E-state index contributed by atoms with van der Waals surface area (Å²) in [4.78, 5) is 0.220. The third-order valence-corrected chi connectivity index (χ3v) is 6.15. The van der Waals surface area contributed by atoms with E-state index in [1.807, 2.05) is 31.2 Å². The van der Waals surface area contributed by atoms with Gasteiger partial charge < -0.3 is 0 Å². The number of hydrogen-bond acceptors (Lipinski definition) is 2. The van der Waals surface area contributed by atoms with E-state index in [0.29, 0.717) is 16.1 Å². The zero-order valence-electron chi connectivity index (χ0n) is 14.2. The van der Waals surface area contributed by atoms with Gasteiger partial charge in [0, 0.05) is 10.6 Å². The van der Waals surface area contributed by atoms with Crippen LogP contribution < -0.4 is 0 Å². The van der Waals surface area contributed by atoms with Crippen molar-refractivity contribution in [3.63, 3.8) is 0 Å². The number of benzene rings is 3. The molecule has 26 heavy (non-hydrogen) atoms. The molecular formula is C21H18ClFO2S. The molecule has 0 bridgehead atoms. The second-order valence-corrected chi connectivity index (χ2v) is 8.51. The fourth-order valence-corrected chi connectivity index (χ4v) is 4.30. The van der Waals surface area contributed by atoms with Crippen LogP contribution in [0.5, 0.6) is 0 Å². The largest absolute Gasteiger partial charge is 0.223 e. The first-order valence-corrected chi connectivity index (χ1v) is 10.3. The smallest absolute Gasteiger partial charge is 0.182 e. The minimum Gasteiger partial charge on any atom is -0.223 e. The molecule has 5 heteroatoms. The lowest BCUT2D eigenvalue weighted by molar-refractivity contribution is 0.595. The van der Waals surface area contributed by atoms with Gasteiger partial charge in [-0.05, 0) is 53.4 Å². The predicted octanol–water partition coefficient (Wildman–Crippen LogP) is 5.68. The lowest BCUT2D eigenvalue weighted by atomic mass is 10.1. The van der Waals surface area contributed by atoms with Gasteiger partial charge in [-0.15, -0.1) is 0 Å². The zero-order chi connectivity index (χ0) is 18.7. The fraction of sp³-hybridized carbons (Fsp3) is 0.143. The molecule has 0 heterocycles. The molecule has 0 unspecified atom stereocenters. The Balaban J connectivity index is 1.87. The second kappa shape index (κ2) is 7.60. The molecule has 134 valence electrons. The number of halogens is 2. The van der Waals surface area contributed by atoms with Crippen molar-refractivity contribution in [3.8, 4) is 11.1 Å². The summed E-state index contributed by atoms with van der Waals surface area (Å²) >= 11 is 5.77. The summed E-state index contributed by atoms with van der Waals surface area (Å²) in [5, 5.41) is 0.319. The van der Waals surface area contributed by atoms with Crippen LogP contribution >= 0.6 is 11.6 Å². The maximum absolute atomic E-state index is 14.0. The van der Waals surface area contributed by atoms with Crippen molar-refractivity contribution in [1.29, 1.82) is 0 Å². The zero-order valence-corrected chi connectivity index (χ0v) is 15.8. The van der Waals surface area contributed by atoms with Crippen molar-refractivity contribution in [1.82, 2.24) is 0 Å². The van der Waals surface area contributed by atoms with Crippen molar-refractivity contribution < 1.29 is 12.8 Å². The normalized spacial score (nSPS) is 11.5. The van der Waals surface area contributed by atoms with Crippen LogP contribution in [0, 0.1) is 5.82 Å². The van der Waals surface area contributed by atoms with E-state index in [1.165, 1.54) is 18.2 Å². The summed E-state index contributed by atoms with van der Waals surface area (Å²) < 4.78 is 39.4. The van der Waals surface area contributed by atoms with Gasteiger partial charge in [0.2, 0.25) is 0 Å². The molecule has 0 aliphatic carbocycles. The molecule has 0 aromatic heterocycles. The lowest BCUT2D eigenvalue weighted by Crippen LogP contribution is -2.05. The van der Waals surface area contributed by atoms with Gasteiger partial charge in [-0.1, -0.05) is 54.9 Å². The highest BCUT2D eigenvalue weighted by Crippen LogP contribution is 2.27. The van der Waals surface area contributed by atoms with Crippen molar-refractivity contribution in [2.75, 3.05) is 0 Å². The van der Waals surface area contributed by atoms with E-state index in [2.05, 4.69) is 0 Å². The minimum absolute atomic E-state index is 0.0600. The Morgan fingerprint density at radius 1 is 0.923 bits per heavy atom. The topological polar surface area (TPSA) is 34.1 Å². The SMILES string of the molecule is CCc1cccc(CS(=O)(=O)c2ccc(-c3ccc(Cl)cc3F)cc2)c1. The van der Waals surface area contributed by atoms with Crippen molar-refractivity contribution >= 4 is 21.4 Å². The number of hydrogen-bond donors (Lipinski definition) is 0. The molecule has 2 nitrogen and oxygen atoms in total. The Hall–Kier alpha value is -2.17. The summed E-state index contributed by atoms with van der Waals surface area (Å²) in [7, 11) is -3.47. The molecule has 0 fully saturated rings. The molecule has 0 saturated carbocycles. The molecule has 0 saturated heterocycles. The maximum atomic E-state index is 14.0. The van der Waals surface area contributed by atoms with Crippen LogP contribution in [-0.4, -0.2) is 8.42 Å². The minimum atomic E-state index is -3.47. The van der Waals surface area contributed by atoms with Gasteiger partial charge in [-0.2, -0.15) is 0 Å². The molecular weight excluding hydrogens is 371 g/mol. The van der Waals surface area contributed by atoms with E-state index >= 15 is 0 Å². The number of rotatable bonds is 5. The van der Waals surface area contributed by atoms with Crippen LogP contribution in [0.2, 0.25) is 5.02 Å². The maximum Gasteiger partial charge on any atom is 0.182 e. The van der Waals surface area contributed by atoms with Crippen molar-refractivity contribution in [2.45, 2.75) is 24.0 Å². The first-order chi connectivity index (χ1) is 12.4. The van der Waals surface area contributed by atoms with Gasteiger partial charge in [-0.3, -0.25) is 0 Å². The third kappa shape index (κ3) is 4.14. The van der Waals surface area contributed by atoms with Crippen LogP contribution in [0.25, 0.3) is 11.1 Å². The molecule has 3 aromatic carbocycles. The summed E-state index contributed by atoms with van der Waals surface area (Å²) in [6, 6.07) is 18.3. The summed E-state index contributed by atoms with van der Waals surface area (Å²) in [5.74, 6) is -0.500. The predicted molar refractivity (Wildman–Crippen MR) is 104 cm³/mol. The number of aryl methyl sites for hydroxylation is 1. The number of sulfone groups is 1. The average molecular weight is 389 g/mol. The average Bonchev–Trinajstić information content (AvgIpc) is 2.62. The first-order valence-electron chi connectivity index (χ1n) is 8.25. The van der Waals surface area contributed by atoms with E-state index in [4.69, 9.17) is 11.6 Å². The van der Waals surface area contributed by atoms with Gasteiger partial charge in [-0.25, -0.2) is 12.8 Å². The molecule has 3 aromatic rings. The van der Waals surface area contributed by atoms with E-state index in [9.17, 15) is 12.8 Å². The summed E-state index contributed by atoms with van der Waals surface area (Å²) in [5.41, 5.74) is 2.85. The van der Waals surface area contributed by atoms with Gasteiger partial charge in [0.15, 0.2) is 9.84 Å². The molecule has 0 N–H and O–H groups in total. The highest BCUT2D eigenvalue weighted by atomic mass is 35.5. The molecule has 0 aliphatic rings. The van der Waals surface area contributed by atoms with E-state index in [0.717, 1.165) is 17.5 Å². The fourth-order valence-electron chi connectivity index (χ4n) is 2.81. The molecule has 3 rings (SSSR count). The Bertz CT molecular complexity index is 1030. The summed E-state index contributed by atoms with van der Waals surface area (Å²) in [6.45, 7) is 2.03. The third-order valence-electron chi connectivity index (χ3n) is 4.21. The Kier molecular flexibility index (Phi) is 5.44. The molecule has 0 radical (unpaired) electrons. The van der Waals surface area contributed by atoms with Crippen molar-refractivity contribution in [3.05, 3.63) is 88.7 Å². The molecule has 0 aliphatic heterocycles. The van der Waals surface area contributed by atoms with Crippen LogP contribution in [-0.2, 0) is 22.0 Å². The van der Waals surface area contributed by atoms with Gasteiger partial charge in [0.1, 0.15) is 5.82 Å². The molecule has 0 atom stereocenters. The summed E-state index contributed by atoms with van der Waals surface area (Å²) in [6.07, 6.45) is 0.856. The van der Waals surface area contributed by atoms with Crippen LogP contribution in [0.3, 0.4) is 0 Å². The first kappa shape index (κ1) is 18.6. The second-order valence-electron chi connectivity index (χ2n) is 6.08. The van der Waals surface area contributed by atoms with Gasteiger partial charge >= 0.3 is 0 Å². The Labute approximate surface area is 158 Å². The van der Waals surface area contributed by atoms with Crippen LogP contribution in [0.1, 0.15) is 18.1 Å². The molecule has 0 amide bonds. The standard InChI is InChI=1S/C21H18ClFO2S/c1-2-15-4-3-5-16(12-15)14-26(24,25)19-9-6-17(7-10-19)20-11-8-18(22)13-21(20)23/h3-13H,2,14H2,1H3. The van der Waals surface area contributed by atoms with E-state index in [1.54, 1.807) is 24.3 Å². The van der Waals surface area contributed by atoms with Crippen molar-refractivity contribution in [2.24, 2.45) is 0 Å². The van der Waals surface area contributed by atoms with Crippen LogP contribution in [0.15, 0.2) is 71.6 Å². The van der Waals surface area contributed by atoms with Gasteiger partial charge in [0.05, 0.1) is 10.6 Å². The lowest BCUT2D eigenvalue weighted by Gasteiger charge is -2.08.